The quantitative estimate of drug-likeness (QED) is 0.379. The van der Waals surface area contributed by atoms with Gasteiger partial charge in [0.15, 0.2) is 0 Å². The Morgan fingerprint density at radius 2 is 2.00 bits per heavy atom. The van der Waals surface area contributed by atoms with Crippen molar-refractivity contribution >= 4 is 17.7 Å². The molecule has 2 N–H and O–H groups in total. The van der Waals surface area contributed by atoms with Crippen molar-refractivity contribution in [1.29, 1.82) is 0 Å². The van der Waals surface area contributed by atoms with Crippen LogP contribution >= 0.6 is 11.8 Å². The van der Waals surface area contributed by atoms with E-state index in [0.717, 1.165) is 16.3 Å². The summed E-state index contributed by atoms with van der Waals surface area (Å²) >= 11 is 1.79. The zero-order valence-corrected chi connectivity index (χ0v) is 10.8. The van der Waals surface area contributed by atoms with E-state index in [2.05, 4.69) is 6.92 Å². The first kappa shape index (κ1) is 13.1. The van der Waals surface area contributed by atoms with Gasteiger partial charge in [0.2, 0.25) is 5.91 Å². The highest BCUT2D eigenvalue weighted by molar-refractivity contribution is 7.99. The number of carbonyl (C=O) groups excluding carboxylic acids is 1. The van der Waals surface area contributed by atoms with Crippen LogP contribution in [0.15, 0.2) is 29.2 Å². The van der Waals surface area contributed by atoms with Crippen LogP contribution in [0.3, 0.4) is 0 Å². The number of hydrogen-bond donors (Lipinski definition) is 1. The Balaban J connectivity index is 2.77. The largest absolute Gasteiger partial charge is 0.283 e. The van der Waals surface area contributed by atoms with Crippen LogP contribution in [-0.4, -0.2) is 23.7 Å². The minimum absolute atomic E-state index is 0.0732. The molecular weight excluding hydrogens is 220 g/mol. The van der Waals surface area contributed by atoms with Crippen molar-refractivity contribution in [2.24, 2.45) is 5.84 Å². The fourth-order valence-corrected chi connectivity index (χ4v) is 2.13. The fraction of sp³-hybridized carbons (Fsp3) is 0.417. The average molecular weight is 238 g/mol. The third-order valence-electron chi connectivity index (χ3n) is 2.41. The van der Waals surface area contributed by atoms with Gasteiger partial charge >= 0.3 is 0 Å². The molecule has 88 valence electrons. The van der Waals surface area contributed by atoms with Gasteiger partial charge in [-0.2, -0.15) is 0 Å². The van der Waals surface area contributed by atoms with Crippen molar-refractivity contribution < 1.29 is 4.79 Å². The number of hydrazine groups is 1. The summed E-state index contributed by atoms with van der Waals surface area (Å²) in [5.41, 5.74) is 1.00. The van der Waals surface area contributed by atoms with Crippen LogP contribution in [0.4, 0.5) is 0 Å². The van der Waals surface area contributed by atoms with Crippen molar-refractivity contribution in [2.45, 2.75) is 24.7 Å². The number of benzene rings is 1. The molecule has 3 nitrogen and oxygen atoms in total. The van der Waals surface area contributed by atoms with Gasteiger partial charge in [-0.1, -0.05) is 19.1 Å². The van der Waals surface area contributed by atoms with Gasteiger partial charge in [0.25, 0.3) is 0 Å². The van der Waals surface area contributed by atoms with E-state index in [1.807, 2.05) is 31.2 Å². The lowest BCUT2D eigenvalue weighted by molar-refractivity contribution is -0.131. The van der Waals surface area contributed by atoms with Gasteiger partial charge in [-0.15, -0.1) is 11.8 Å². The molecule has 4 heteroatoms. The molecular formula is C12H18N2OS. The molecule has 0 saturated carbocycles. The van der Waals surface area contributed by atoms with E-state index in [-0.39, 0.29) is 11.8 Å². The summed E-state index contributed by atoms with van der Waals surface area (Å²) in [5, 5.41) is 1.14. The topological polar surface area (TPSA) is 46.3 Å². The maximum atomic E-state index is 11.6. The second-order valence-corrected chi connectivity index (χ2v) is 5.01. The molecule has 0 aliphatic carbocycles. The van der Waals surface area contributed by atoms with E-state index in [0.29, 0.717) is 0 Å². The molecule has 0 bridgehead atoms. The van der Waals surface area contributed by atoms with Crippen molar-refractivity contribution in [2.75, 3.05) is 12.8 Å². The number of nitrogens with two attached hydrogens (primary N) is 1. The number of hydrogen-bond acceptors (Lipinski definition) is 3. The highest BCUT2D eigenvalue weighted by atomic mass is 32.2. The molecule has 16 heavy (non-hydrogen) atoms. The van der Waals surface area contributed by atoms with E-state index < -0.39 is 0 Å². The highest BCUT2D eigenvalue weighted by Crippen LogP contribution is 2.22. The summed E-state index contributed by atoms with van der Waals surface area (Å²) in [5.74, 6) is 6.23. The van der Waals surface area contributed by atoms with Crippen LogP contribution in [0.2, 0.25) is 0 Å². The first-order valence-electron chi connectivity index (χ1n) is 5.31. The van der Waals surface area contributed by atoms with Gasteiger partial charge in [0.05, 0.1) is 5.92 Å². The van der Waals surface area contributed by atoms with Crippen LogP contribution in [0, 0.1) is 0 Å². The lowest BCUT2D eigenvalue weighted by Crippen LogP contribution is -2.36. The highest BCUT2D eigenvalue weighted by Gasteiger charge is 2.16. The van der Waals surface area contributed by atoms with E-state index >= 15 is 0 Å². The monoisotopic (exact) mass is 238 g/mol. The smallest absolute Gasteiger partial charge is 0.243 e. The molecule has 0 aliphatic heterocycles. The molecule has 1 aromatic carbocycles. The molecule has 1 amide bonds. The molecule has 0 saturated heterocycles. The minimum atomic E-state index is -0.185. The van der Waals surface area contributed by atoms with Crippen LogP contribution in [0.1, 0.15) is 25.3 Å². The Morgan fingerprint density at radius 3 is 2.44 bits per heavy atom. The summed E-state index contributed by atoms with van der Waals surface area (Å²) in [7, 11) is 1.57. The van der Waals surface area contributed by atoms with Crippen molar-refractivity contribution in [3.05, 3.63) is 29.8 Å². The minimum Gasteiger partial charge on any atom is -0.283 e. The molecule has 1 atom stereocenters. The molecule has 0 aliphatic rings. The second-order valence-electron chi connectivity index (χ2n) is 3.67. The molecule has 0 spiro atoms. The van der Waals surface area contributed by atoms with Crippen LogP contribution in [-0.2, 0) is 4.79 Å². The van der Waals surface area contributed by atoms with Gasteiger partial charge in [-0.25, -0.2) is 5.84 Å². The van der Waals surface area contributed by atoms with Gasteiger partial charge in [0.1, 0.15) is 0 Å². The lowest BCUT2D eigenvalue weighted by Gasteiger charge is -2.16. The molecule has 0 fully saturated rings. The van der Waals surface area contributed by atoms with Crippen molar-refractivity contribution in [3.63, 3.8) is 0 Å². The van der Waals surface area contributed by atoms with Crippen LogP contribution in [0.5, 0.6) is 0 Å². The number of rotatable bonds is 4. The lowest BCUT2D eigenvalue weighted by atomic mass is 10.0. The second kappa shape index (κ2) is 5.92. The first-order valence-corrected chi connectivity index (χ1v) is 6.29. The Kier molecular flexibility index (Phi) is 4.83. The van der Waals surface area contributed by atoms with Crippen molar-refractivity contribution in [3.8, 4) is 0 Å². The summed E-state index contributed by atoms with van der Waals surface area (Å²) in [6.07, 6.45) is 0. The molecule has 1 rings (SSSR count). The molecule has 0 heterocycles. The number of thioether (sulfide) groups is 1. The summed E-state index contributed by atoms with van der Waals surface area (Å²) in [6.45, 7) is 3.99. The van der Waals surface area contributed by atoms with Crippen LogP contribution in [0.25, 0.3) is 0 Å². The van der Waals surface area contributed by atoms with Crippen LogP contribution < -0.4 is 5.84 Å². The predicted molar refractivity (Wildman–Crippen MR) is 68.2 cm³/mol. The third kappa shape index (κ3) is 3.25. The van der Waals surface area contributed by atoms with E-state index in [1.54, 1.807) is 18.8 Å². The maximum absolute atomic E-state index is 11.6. The maximum Gasteiger partial charge on any atom is 0.243 e. The standard InChI is InChI=1S/C12H18N2OS/c1-4-16-11-7-5-10(6-8-11)9(2)12(15)14(3)13/h5-9H,4,13H2,1-3H3. The Hall–Kier alpha value is -1.00. The number of carbonyl (C=O) groups is 1. The Bertz CT molecular complexity index is 349. The van der Waals surface area contributed by atoms with E-state index in [9.17, 15) is 4.79 Å². The first-order chi connectivity index (χ1) is 7.56. The number of amides is 1. The molecule has 1 aromatic rings. The van der Waals surface area contributed by atoms with Gasteiger partial charge < -0.3 is 0 Å². The fourth-order valence-electron chi connectivity index (χ4n) is 1.47. The Morgan fingerprint density at radius 1 is 1.44 bits per heavy atom. The predicted octanol–water partition coefficient (Wildman–Crippen LogP) is 2.23. The third-order valence-corrected chi connectivity index (χ3v) is 3.30. The SMILES string of the molecule is CCSc1ccc(C(C)C(=O)N(C)N)cc1. The van der Waals surface area contributed by atoms with Gasteiger partial charge in [-0.3, -0.25) is 9.80 Å². The Labute approximate surface area is 101 Å². The summed E-state index contributed by atoms with van der Waals surface area (Å²) < 4.78 is 0. The van der Waals surface area contributed by atoms with Gasteiger partial charge in [0, 0.05) is 11.9 Å². The zero-order valence-electron chi connectivity index (χ0n) is 9.93. The number of nitrogens with zero attached hydrogens (tertiary/aromatic N) is 1. The molecule has 0 radical (unpaired) electrons. The average Bonchev–Trinajstić information content (AvgIpc) is 2.28. The summed E-state index contributed by atoms with van der Waals surface area (Å²) in [6, 6.07) is 8.07. The zero-order chi connectivity index (χ0) is 12.1. The van der Waals surface area contributed by atoms with E-state index in [4.69, 9.17) is 5.84 Å². The number of likely N-dealkylation sites (N-methyl/N-ethyl adjacent to an activating group) is 1. The van der Waals surface area contributed by atoms with E-state index in [1.165, 1.54) is 4.90 Å². The normalized spacial score (nSPS) is 12.2. The summed E-state index contributed by atoms with van der Waals surface area (Å²) in [4.78, 5) is 12.9. The van der Waals surface area contributed by atoms with Gasteiger partial charge in [-0.05, 0) is 30.4 Å². The molecule has 0 aromatic heterocycles. The van der Waals surface area contributed by atoms with Crippen molar-refractivity contribution in [1.82, 2.24) is 5.01 Å². The molecule has 1 unspecified atom stereocenters.